The average Bonchev–Trinajstić information content (AvgIpc) is 3.22. The zero-order valence-corrected chi connectivity index (χ0v) is 14.2. The maximum Gasteiger partial charge on any atom is 0.225 e. The highest BCUT2D eigenvalue weighted by Gasteiger charge is 2.20. The van der Waals surface area contributed by atoms with Crippen LogP contribution in [0.2, 0.25) is 0 Å². The van der Waals surface area contributed by atoms with Crippen molar-refractivity contribution in [1.29, 1.82) is 0 Å². The fourth-order valence-corrected chi connectivity index (χ4v) is 3.19. The fourth-order valence-electron chi connectivity index (χ4n) is 3.19. The van der Waals surface area contributed by atoms with Crippen molar-refractivity contribution in [2.75, 3.05) is 11.9 Å². The number of hydrogen-bond acceptors (Lipinski definition) is 3. The van der Waals surface area contributed by atoms with E-state index in [9.17, 15) is 4.79 Å². The van der Waals surface area contributed by atoms with Gasteiger partial charge in [-0.05, 0) is 43.9 Å². The summed E-state index contributed by atoms with van der Waals surface area (Å²) in [5.41, 5.74) is 1.17. The lowest BCUT2D eigenvalue weighted by molar-refractivity contribution is -0.116. The molecule has 2 aromatic rings. The van der Waals surface area contributed by atoms with Gasteiger partial charge in [0.1, 0.15) is 11.6 Å². The second-order valence-electron chi connectivity index (χ2n) is 6.42. The lowest BCUT2D eigenvalue weighted by Gasteiger charge is -2.14. The number of hydrogen-bond donors (Lipinski definition) is 1. The summed E-state index contributed by atoms with van der Waals surface area (Å²) in [7, 11) is 0. The third kappa shape index (κ3) is 4.37. The molecule has 5 nitrogen and oxygen atoms in total. The Morgan fingerprint density at radius 3 is 2.96 bits per heavy atom. The number of rotatable bonds is 7. The van der Waals surface area contributed by atoms with Crippen molar-refractivity contribution in [3.05, 3.63) is 42.1 Å². The van der Waals surface area contributed by atoms with Gasteiger partial charge in [-0.25, -0.2) is 4.68 Å². The minimum absolute atomic E-state index is 0.0163. The van der Waals surface area contributed by atoms with Gasteiger partial charge in [-0.1, -0.05) is 25.0 Å². The van der Waals surface area contributed by atoms with Gasteiger partial charge in [0.25, 0.3) is 0 Å². The van der Waals surface area contributed by atoms with Crippen molar-refractivity contribution >= 4 is 11.7 Å². The maximum absolute atomic E-state index is 12.1. The van der Waals surface area contributed by atoms with Crippen LogP contribution in [0.1, 0.15) is 50.1 Å². The Morgan fingerprint density at radius 1 is 1.33 bits per heavy atom. The van der Waals surface area contributed by atoms with Crippen molar-refractivity contribution in [3.8, 4) is 5.75 Å². The molecule has 0 unspecified atom stereocenters. The minimum atomic E-state index is 0.0163. The van der Waals surface area contributed by atoms with E-state index in [4.69, 9.17) is 4.74 Å². The molecule has 0 aliphatic heterocycles. The summed E-state index contributed by atoms with van der Waals surface area (Å²) in [6.07, 6.45) is 7.68. The molecule has 1 aliphatic rings. The second-order valence-corrected chi connectivity index (χ2v) is 6.42. The highest BCUT2D eigenvalue weighted by Crippen LogP contribution is 2.31. The Morgan fingerprint density at radius 2 is 2.17 bits per heavy atom. The molecule has 128 valence electrons. The third-order valence-corrected chi connectivity index (χ3v) is 4.41. The molecule has 1 N–H and O–H groups in total. The number of nitrogens with zero attached hydrogens (tertiary/aromatic N) is 2. The first-order chi connectivity index (χ1) is 11.7. The zero-order valence-electron chi connectivity index (χ0n) is 14.2. The van der Waals surface area contributed by atoms with E-state index in [1.165, 1.54) is 18.4 Å². The molecule has 1 fully saturated rings. The fraction of sp³-hybridized carbons (Fsp3) is 0.474. The number of amides is 1. The molecular weight excluding hydrogens is 302 g/mol. The zero-order chi connectivity index (χ0) is 16.8. The van der Waals surface area contributed by atoms with Gasteiger partial charge in [-0.3, -0.25) is 4.79 Å². The van der Waals surface area contributed by atoms with Crippen molar-refractivity contribution in [2.45, 2.75) is 51.5 Å². The monoisotopic (exact) mass is 327 g/mol. The van der Waals surface area contributed by atoms with Crippen LogP contribution in [0.3, 0.4) is 0 Å². The van der Waals surface area contributed by atoms with Crippen molar-refractivity contribution < 1.29 is 9.53 Å². The van der Waals surface area contributed by atoms with Gasteiger partial charge in [0.15, 0.2) is 0 Å². The molecule has 0 atom stereocenters. The third-order valence-electron chi connectivity index (χ3n) is 4.41. The SMILES string of the molecule is Cc1cccc(OCCCC(=O)Nc2ccnn2C2CCCC2)c1. The molecule has 0 saturated heterocycles. The van der Waals surface area contributed by atoms with Gasteiger partial charge in [-0.15, -0.1) is 0 Å². The Kier molecular flexibility index (Phi) is 5.51. The van der Waals surface area contributed by atoms with E-state index in [-0.39, 0.29) is 5.91 Å². The summed E-state index contributed by atoms with van der Waals surface area (Å²) in [6.45, 7) is 2.58. The van der Waals surface area contributed by atoms with E-state index in [2.05, 4.69) is 10.4 Å². The average molecular weight is 327 g/mol. The van der Waals surface area contributed by atoms with E-state index in [0.717, 1.165) is 24.4 Å². The molecule has 1 saturated carbocycles. The van der Waals surface area contributed by atoms with Gasteiger partial charge in [0.2, 0.25) is 5.91 Å². The molecule has 1 aromatic heterocycles. The Labute approximate surface area is 143 Å². The predicted molar refractivity (Wildman–Crippen MR) is 94.3 cm³/mol. The highest BCUT2D eigenvalue weighted by molar-refractivity contribution is 5.89. The Bertz CT molecular complexity index is 675. The van der Waals surface area contributed by atoms with E-state index in [0.29, 0.717) is 25.5 Å². The minimum Gasteiger partial charge on any atom is -0.494 e. The molecule has 0 bridgehead atoms. The summed E-state index contributed by atoms with van der Waals surface area (Å²) in [4.78, 5) is 12.1. The molecule has 1 aliphatic carbocycles. The van der Waals surface area contributed by atoms with Crippen LogP contribution in [0, 0.1) is 6.92 Å². The van der Waals surface area contributed by atoms with Crippen LogP contribution < -0.4 is 10.1 Å². The van der Waals surface area contributed by atoms with Gasteiger partial charge in [-0.2, -0.15) is 5.10 Å². The maximum atomic E-state index is 12.1. The molecule has 0 spiro atoms. The van der Waals surface area contributed by atoms with Gasteiger partial charge >= 0.3 is 0 Å². The largest absolute Gasteiger partial charge is 0.494 e. The number of carbonyl (C=O) groups excluding carboxylic acids is 1. The van der Waals surface area contributed by atoms with Crippen molar-refractivity contribution in [1.82, 2.24) is 9.78 Å². The van der Waals surface area contributed by atoms with Crippen molar-refractivity contribution in [3.63, 3.8) is 0 Å². The number of ether oxygens (including phenoxy) is 1. The van der Waals surface area contributed by atoms with Crippen LogP contribution in [-0.2, 0) is 4.79 Å². The molecule has 0 radical (unpaired) electrons. The summed E-state index contributed by atoms with van der Waals surface area (Å²) >= 11 is 0. The molecule has 5 heteroatoms. The Balaban J connectivity index is 1.42. The number of aryl methyl sites for hydroxylation is 1. The predicted octanol–water partition coefficient (Wildman–Crippen LogP) is 4.10. The van der Waals surface area contributed by atoms with E-state index in [1.807, 2.05) is 41.9 Å². The number of benzene rings is 1. The lowest BCUT2D eigenvalue weighted by atomic mass is 10.2. The van der Waals surface area contributed by atoms with E-state index in [1.54, 1.807) is 6.20 Å². The summed E-state index contributed by atoms with van der Waals surface area (Å²) in [6, 6.07) is 10.3. The van der Waals surface area contributed by atoms with Crippen LogP contribution in [0.25, 0.3) is 0 Å². The summed E-state index contributed by atoms with van der Waals surface area (Å²) in [5, 5.41) is 7.35. The molecule has 1 aromatic carbocycles. The first-order valence-electron chi connectivity index (χ1n) is 8.75. The second kappa shape index (κ2) is 7.99. The first-order valence-corrected chi connectivity index (χ1v) is 8.75. The smallest absolute Gasteiger partial charge is 0.225 e. The summed E-state index contributed by atoms with van der Waals surface area (Å²) < 4.78 is 7.65. The van der Waals surface area contributed by atoms with E-state index >= 15 is 0 Å². The van der Waals surface area contributed by atoms with Gasteiger partial charge in [0.05, 0.1) is 18.8 Å². The number of anilines is 1. The number of aromatic nitrogens is 2. The quantitative estimate of drug-likeness (QED) is 0.779. The molecule has 1 heterocycles. The summed E-state index contributed by atoms with van der Waals surface area (Å²) in [5.74, 6) is 1.68. The molecule has 1 amide bonds. The normalized spacial score (nSPS) is 14.7. The van der Waals surface area contributed by atoms with Gasteiger partial charge < -0.3 is 10.1 Å². The molecular formula is C19H25N3O2. The Hall–Kier alpha value is -2.30. The van der Waals surface area contributed by atoms with Crippen LogP contribution in [0.4, 0.5) is 5.82 Å². The van der Waals surface area contributed by atoms with Crippen LogP contribution in [-0.4, -0.2) is 22.3 Å². The first kappa shape index (κ1) is 16.6. The van der Waals surface area contributed by atoms with Crippen LogP contribution in [0.5, 0.6) is 5.75 Å². The van der Waals surface area contributed by atoms with Gasteiger partial charge in [0, 0.05) is 12.5 Å². The number of nitrogens with one attached hydrogen (secondary N) is 1. The topological polar surface area (TPSA) is 56.1 Å². The van der Waals surface area contributed by atoms with Crippen LogP contribution >= 0.6 is 0 Å². The van der Waals surface area contributed by atoms with Crippen molar-refractivity contribution in [2.24, 2.45) is 0 Å². The number of carbonyl (C=O) groups is 1. The molecule has 3 rings (SSSR count). The van der Waals surface area contributed by atoms with E-state index < -0.39 is 0 Å². The highest BCUT2D eigenvalue weighted by atomic mass is 16.5. The lowest BCUT2D eigenvalue weighted by Crippen LogP contribution is -2.18. The molecule has 24 heavy (non-hydrogen) atoms. The van der Waals surface area contributed by atoms with Crippen LogP contribution in [0.15, 0.2) is 36.5 Å². The standard InChI is InChI=1S/C19H25N3O2/c1-15-6-4-9-17(14-15)24-13-5-10-19(23)21-18-11-12-20-22(18)16-7-2-3-8-16/h4,6,9,11-12,14,16H,2-3,5,7-8,10,13H2,1H3,(H,21,23).